The molecular formula is C33H46N8O7S2. The summed E-state index contributed by atoms with van der Waals surface area (Å²) >= 11 is 3.78. The number of hydrogen-bond donors (Lipinski definition) is 7. The van der Waals surface area contributed by atoms with E-state index in [4.69, 9.17) is 15.1 Å². The van der Waals surface area contributed by atoms with E-state index in [-0.39, 0.29) is 42.7 Å². The van der Waals surface area contributed by atoms with Crippen LogP contribution in [-0.2, 0) is 40.6 Å². The highest BCUT2D eigenvalue weighted by Crippen LogP contribution is 2.25. The monoisotopic (exact) mass is 730 g/mol. The Morgan fingerprint density at radius 2 is 1.42 bits per heavy atom. The lowest BCUT2D eigenvalue weighted by Crippen LogP contribution is -2.43. The summed E-state index contributed by atoms with van der Waals surface area (Å²) in [5.41, 5.74) is 7.28. The molecule has 0 atom stereocenters. The summed E-state index contributed by atoms with van der Waals surface area (Å²) in [6, 6.07) is 16.2. The summed E-state index contributed by atoms with van der Waals surface area (Å²) < 4.78 is 25.1. The molecule has 3 amide bonds. The van der Waals surface area contributed by atoms with Crippen molar-refractivity contribution in [3.8, 4) is 16.9 Å². The molecule has 7 N–H and O–H groups in total. The molecule has 1 heterocycles. The molecule has 1 aromatic heterocycles. The third-order valence-corrected chi connectivity index (χ3v) is 8.52. The van der Waals surface area contributed by atoms with E-state index in [9.17, 15) is 27.6 Å². The molecule has 0 saturated heterocycles. The fourth-order valence-corrected chi connectivity index (χ4v) is 5.20. The SMILES string of the molecule is Cc1ccc(-c2cc(CONCCCCNCCCCC(=O)CNC(=O)CNC(=O)CNC(=O)CS)nn2-c2ccc(S(N)(=O)=O)cc2)cc1. The Bertz CT molecular complexity index is 1660. The van der Waals surface area contributed by atoms with E-state index in [2.05, 4.69) is 39.4 Å². The van der Waals surface area contributed by atoms with Crippen LogP contribution in [0.3, 0.4) is 0 Å². The lowest BCUT2D eigenvalue weighted by Gasteiger charge is -2.09. The van der Waals surface area contributed by atoms with Gasteiger partial charge in [-0.2, -0.15) is 17.7 Å². The maximum Gasteiger partial charge on any atom is 0.239 e. The maximum atomic E-state index is 12.0. The van der Waals surface area contributed by atoms with Gasteiger partial charge in [-0.05, 0) is 76.0 Å². The van der Waals surface area contributed by atoms with Crippen LogP contribution in [0.15, 0.2) is 59.5 Å². The average molecular weight is 731 g/mol. The van der Waals surface area contributed by atoms with Crippen molar-refractivity contribution in [2.45, 2.75) is 50.5 Å². The number of primary sulfonamides is 1. The molecule has 0 spiro atoms. The maximum absolute atomic E-state index is 12.0. The molecule has 17 heteroatoms. The molecule has 272 valence electrons. The van der Waals surface area contributed by atoms with Gasteiger partial charge in [-0.25, -0.2) is 23.7 Å². The first-order valence-electron chi connectivity index (χ1n) is 16.2. The third kappa shape index (κ3) is 14.8. The molecule has 3 rings (SSSR count). The number of amides is 3. The summed E-state index contributed by atoms with van der Waals surface area (Å²) in [6.07, 6.45) is 3.68. The van der Waals surface area contributed by atoms with Crippen LogP contribution in [-0.4, -0.2) is 86.7 Å². The standard InChI is InChI=1S/C33H46N8O7S2/c1-24-7-9-25(10-8-24)30-18-26(40-41(30)27-11-13-29(14-12-27)50(34,46)47)22-48-39-17-5-4-16-35-15-3-2-6-28(42)19-36-31(43)20-37-32(44)21-38-33(45)23-49/h7-14,18,35,39,49H,2-6,15-17,19-23H2,1H3,(H,36,43)(H,37,44)(H,38,45)(H2,34,46,47). The molecular weight excluding hydrogens is 685 g/mol. The summed E-state index contributed by atoms with van der Waals surface area (Å²) in [4.78, 5) is 52.2. The number of nitrogens with one attached hydrogen (secondary N) is 5. The highest BCUT2D eigenvalue weighted by atomic mass is 32.2. The summed E-state index contributed by atoms with van der Waals surface area (Å²) in [5.74, 6) is -1.51. The van der Waals surface area contributed by atoms with Gasteiger partial charge in [0.1, 0.15) is 6.61 Å². The van der Waals surface area contributed by atoms with Crippen LogP contribution in [0.2, 0.25) is 0 Å². The van der Waals surface area contributed by atoms with Crippen LogP contribution in [0.4, 0.5) is 0 Å². The number of sulfonamides is 1. The van der Waals surface area contributed by atoms with Crippen molar-refractivity contribution in [1.82, 2.24) is 36.5 Å². The van der Waals surface area contributed by atoms with Gasteiger partial charge in [-0.1, -0.05) is 29.8 Å². The Labute approximate surface area is 297 Å². The van der Waals surface area contributed by atoms with E-state index in [1.54, 1.807) is 16.8 Å². The first-order chi connectivity index (χ1) is 24.0. The zero-order chi connectivity index (χ0) is 36.4. The minimum atomic E-state index is -3.81. The number of aromatic nitrogens is 2. The third-order valence-electron chi connectivity index (χ3n) is 7.30. The molecule has 50 heavy (non-hydrogen) atoms. The van der Waals surface area contributed by atoms with E-state index in [0.29, 0.717) is 30.8 Å². The number of ketones is 1. The molecule has 0 aliphatic carbocycles. The Morgan fingerprint density at radius 1 is 0.820 bits per heavy atom. The number of Topliss-reactive ketones (excluding diaryl/α,β-unsaturated/α-hetero) is 1. The minimum Gasteiger partial charge on any atom is -0.347 e. The fourth-order valence-electron chi connectivity index (χ4n) is 4.57. The first-order valence-corrected chi connectivity index (χ1v) is 18.4. The normalized spacial score (nSPS) is 11.3. The van der Waals surface area contributed by atoms with Crippen LogP contribution in [0.1, 0.15) is 43.4 Å². The highest BCUT2D eigenvalue weighted by molar-refractivity contribution is 7.89. The van der Waals surface area contributed by atoms with Crippen LogP contribution in [0.25, 0.3) is 16.9 Å². The van der Waals surface area contributed by atoms with Crippen LogP contribution in [0, 0.1) is 6.92 Å². The number of carbonyl (C=O) groups is 4. The van der Waals surface area contributed by atoms with Gasteiger partial charge < -0.3 is 21.3 Å². The number of nitrogens with two attached hydrogens (primary N) is 1. The second-order valence-electron chi connectivity index (χ2n) is 11.5. The minimum absolute atomic E-state index is 0.0257. The number of rotatable bonds is 23. The lowest BCUT2D eigenvalue weighted by atomic mass is 10.1. The van der Waals surface area contributed by atoms with Crippen molar-refractivity contribution in [3.05, 3.63) is 65.9 Å². The summed E-state index contributed by atoms with van der Waals surface area (Å²) in [7, 11) is -3.81. The van der Waals surface area contributed by atoms with Gasteiger partial charge in [0.05, 0.1) is 47.4 Å². The topological polar surface area (TPSA) is 216 Å². The highest BCUT2D eigenvalue weighted by Gasteiger charge is 2.14. The number of aryl methyl sites for hydroxylation is 1. The smallest absolute Gasteiger partial charge is 0.239 e. The Kier molecular flexibility index (Phi) is 17.1. The van der Waals surface area contributed by atoms with Gasteiger partial charge in [0.2, 0.25) is 27.7 Å². The van der Waals surface area contributed by atoms with Gasteiger partial charge in [0, 0.05) is 18.5 Å². The van der Waals surface area contributed by atoms with E-state index in [0.717, 1.165) is 49.2 Å². The molecule has 0 aliphatic rings. The van der Waals surface area contributed by atoms with E-state index in [1.165, 1.54) is 12.1 Å². The predicted octanol–water partition coefficient (Wildman–Crippen LogP) is 0.904. The zero-order valence-electron chi connectivity index (χ0n) is 28.1. The van der Waals surface area contributed by atoms with E-state index < -0.39 is 27.7 Å². The Balaban J connectivity index is 1.26. The summed E-state index contributed by atoms with van der Waals surface area (Å²) in [6.45, 7) is 3.87. The number of benzene rings is 2. The first kappa shape index (κ1) is 40.3. The number of hydrogen-bond acceptors (Lipinski definition) is 11. The molecule has 15 nitrogen and oxygen atoms in total. The largest absolute Gasteiger partial charge is 0.347 e. The van der Waals surface area contributed by atoms with E-state index >= 15 is 0 Å². The number of unbranched alkanes of at least 4 members (excludes halogenated alkanes) is 2. The fraction of sp³-hybridized carbons (Fsp3) is 0.424. The Morgan fingerprint density at radius 3 is 2.06 bits per heavy atom. The van der Waals surface area contributed by atoms with Crippen molar-refractivity contribution < 1.29 is 32.4 Å². The lowest BCUT2D eigenvalue weighted by molar-refractivity contribution is -0.128. The zero-order valence-corrected chi connectivity index (χ0v) is 29.8. The van der Waals surface area contributed by atoms with Gasteiger partial charge in [-0.3, -0.25) is 24.0 Å². The predicted molar refractivity (Wildman–Crippen MR) is 192 cm³/mol. The quantitative estimate of drug-likeness (QED) is 0.0416. The molecule has 2 aromatic carbocycles. The van der Waals surface area contributed by atoms with Crippen molar-refractivity contribution in [2.75, 3.05) is 45.0 Å². The van der Waals surface area contributed by atoms with Crippen LogP contribution >= 0.6 is 12.6 Å². The molecule has 0 fully saturated rings. The van der Waals surface area contributed by atoms with Crippen LogP contribution in [0.5, 0.6) is 0 Å². The van der Waals surface area contributed by atoms with Crippen molar-refractivity contribution in [2.24, 2.45) is 5.14 Å². The second kappa shape index (κ2) is 21.2. The number of nitrogens with zero attached hydrogens (tertiary/aromatic N) is 2. The second-order valence-corrected chi connectivity index (χ2v) is 13.3. The Hall–Kier alpha value is -4.13. The molecule has 0 radical (unpaired) electrons. The number of hydroxylamine groups is 1. The van der Waals surface area contributed by atoms with Crippen molar-refractivity contribution in [3.63, 3.8) is 0 Å². The summed E-state index contributed by atoms with van der Waals surface area (Å²) in [5, 5.41) is 20.5. The van der Waals surface area contributed by atoms with E-state index in [1.807, 2.05) is 37.3 Å². The molecule has 0 bridgehead atoms. The number of carbonyl (C=O) groups excluding carboxylic acids is 4. The number of thiol groups is 1. The molecule has 0 unspecified atom stereocenters. The average Bonchev–Trinajstić information content (AvgIpc) is 3.53. The molecule has 0 saturated carbocycles. The van der Waals surface area contributed by atoms with Crippen LogP contribution < -0.4 is 31.9 Å². The van der Waals surface area contributed by atoms with Gasteiger partial charge in [0.25, 0.3) is 0 Å². The molecule has 3 aromatic rings. The van der Waals surface area contributed by atoms with Crippen molar-refractivity contribution in [1.29, 1.82) is 0 Å². The van der Waals surface area contributed by atoms with Gasteiger partial charge in [-0.15, -0.1) is 0 Å². The van der Waals surface area contributed by atoms with Gasteiger partial charge in [0.15, 0.2) is 5.78 Å². The van der Waals surface area contributed by atoms with Crippen molar-refractivity contribution >= 4 is 46.2 Å². The molecule has 0 aliphatic heterocycles. The van der Waals surface area contributed by atoms with Gasteiger partial charge >= 0.3 is 0 Å².